The highest BCUT2D eigenvalue weighted by Gasteiger charge is 2.23. The highest BCUT2D eigenvalue weighted by Crippen LogP contribution is 2.18. The molecule has 1 aliphatic rings. The Morgan fingerprint density at radius 1 is 1.48 bits per heavy atom. The number of nitrogens with zero attached hydrogens (tertiary/aromatic N) is 1. The number of aliphatic hydroxyl groups excluding tert-OH is 1. The summed E-state index contributed by atoms with van der Waals surface area (Å²) in [5, 5.41) is 14.8. The van der Waals surface area contributed by atoms with Gasteiger partial charge in [-0.3, -0.25) is 10.1 Å². The largest absolute Gasteiger partial charge is 0.457 e. The summed E-state index contributed by atoms with van der Waals surface area (Å²) in [6.07, 6.45) is 4.50. The van der Waals surface area contributed by atoms with Crippen molar-refractivity contribution in [3.05, 3.63) is 29.5 Å². The molecule has 0 saturated carbocycles. The van der Waals surface area contributed by atoms with Crippen LogP contribution in [0.15, 0.2) is 18.3 Å². The Hall–Kier alpha value is -2.25. The SMILES string of the molecule is CC.CC(C)(C)OC(=O)/C=C/c1cnc2c(c1)CNC(CO)C(=O)N2.[HH]. The molecular formula is C18H29N3O4. The first-order valence-corrected chi connectivity index (χ1v) is 8.33. The summed E-state index contributed by atoms with van der Waals surface area (Å²) < 4.78 is 5.19. The maximum absolute atomic E-state index is 11.8. The third-order valence-electron chi connectivity index (χ3n) is 3.09. The smallest absolute Gasteiger partial charge is 0.331 e. The summed E-state index contributed by atoms with van der Waals surface area (Å²) in [5.74, 6) is -0.303. The van der Waals surface area contributed by atoms with Gasteiger partial charge in [0.25, 0.3) is 0 Å². The number of nitrogens with one attached hydrogen (secondary N) is 2. The first-order valence-electron chi connectivity index (χ1n) is 8.33. The van der Waals surface area contributed by atoms with Crippen LogP contribution in [-0.2, 0) is 20.9 Å². The van der Waals surface area contributed by atoms with Gasteiger partial charge in [0, 0.05) is 25.8 Å². The summed E-state index contributed by atoms with van der Waals surface area (Å²) in [6.45, 7) is 9.50. The van der Waals surface area contributed by atoms with E-state index in [1.54, 1.807) is 33.0 Å². The average molecular weight is 351 g/mol. The van der Waals surface area contributed by atoms with Crippen LogP contribution in [0.1, 0.15) is 47.2 Å². The molecule has 2 heterocycles. The van der Waals surface area contributed by atoms with Gasteiger partial charge in [-0.2, -0.15) is 0 Å². The normalized spacial score (nSPS) is 17.0. The number of ether oxygens (including phenoxy) is 1. The number of anilines is 1. The zero-order valence-corrected chi connectivity index (χ0v) is 15.4. The Morgan fingerprint density at radius 3 is 2.76 bits per heavy atom. The number of carbonyl (C=O) groups is 2. The van der Waals surface area contributed by atoms with Crippen LogP contribution in [0.4, 0.5) is 5.82 Å². The van der Waals surface area contributed by atoms with Crippen molar-refractivity contribution in [2.24, 2.45) is 0 Å². The van der Waals surface area contributed by atoms with Crippen LogP contribution in [0.3, 0.4) is 0 Å². The third-order valence-corrected chi connectivity index (χ3v) is 3.09. The third kappa shape index (κ3) is 6.64. The first-order chi connectivity index (χ1) is 11.8. The van der Waals surface area contributed by atoms with Crippen LogP contribution in [0.25, 0.3) is 6.08 Å². The van der Waals surface area contributed by atoms with Gasteiger partial charge in [-0.15, -0.1) is 0 Å². The molecule has 0 bridgehead atoms. The van der Waals surface area contributed by atoms with Gasteiger partial charge in [0.15, 0.2) is 0 Å². The van der Waals surface area contributed by atoms with Gasteiger partial charge in [-0.25, -0.2) is 9.78 Å². The number of hydrogen-bond donors (Lipinski definition) is 3. The van der Waals surface area contributed by atoms with Crippen LogP contribution >= 0.6 is 0 Å². The molecule has 0 aromatic carbocycles. The molecule has 3 N–H and O–H groups in total. The predicted molar refractivity (Wildman–Crippen MR) is 98.9 cm³/mol. The molecule has 25 heavy (non-hydrogen) atoms. The maximum Gasteiger partial charge on any atom is 0.331 e. The van der Waals surface area contributed by atoms with Gasteiger partial charge in [-0.1, -0.05) is 13.8 Å². The van der Waals surface area contributed by atoms with E-state index in [4.69, 9.17) is 9.84 Å². The van der Waals surface area contributed by atoms with E-state index in [1.165, 1.54) is 6.08 Å². The highest BCUT2D eigenvalue weighted by molar-refractivity contribution is 5.95. The minimum Gasteiger partial charge on any atom is -0.457 e. The molecule has 140 valence electrons. The van der Waals surface area contributed by atoms with Gasteiger partial charge in [0.1, 0.15) is 17.5 Å². The van der Waals surface area contributed by atoms with Gasteiger partial charge >= 0.3 is 5.97 Å². The molecule has 0 radical (unpaired) electrons. The number of aromatic nitrogens is 1. The van der Waals surface area contributed by atoms with Gasteiger partial charge < -0.3 is 15.2 Å². The lowest BCUT2D eigenvalue weighted by Gasteiger charge is -2.17. The van der Waals surface area contributed by atoms with Crippen molar-refractivity contribution in [1.29, 1.82) is 0 Å². The second-order valence-corrected chi connectivity index (χ2v) is 6.25. The van der Waals surface area contributed by atoms with Crippen LogP contribution in [0, 0.1) is 0 Å². The molecule has 7 nitrogen and oxygen atoms in total. The molecule has 1 unspecified atom stereocenters. The van der Waals surface area contributed by atoms with Crippen LogP contribution < -0.4 is 10.6 Å². The van der Waals surface area contributed by atoms with E-state index in [9.17, 15) is 9.59 Å². The molecule has 0 saturated heterocycles. The molecule has 1 aromatic rings. The molecule has 1 amide bonds. The van der Waals surface area contributed by atoms with Crippen LogP contribution in [0.5, 0.6) is 0 Å². The Bertz CT molecular complexity index is 642. The minimum atomic E-state index is -0.662. The Kier molecular flexibility index (Phi) is 7.73. The molecule has 1 aliphatic heterocycles. The Labute approximate surface area is 150 Å². The van der Waals surface area contributed by atoms with E-state index >= 15 is 0 Å². The minimum absolute atomic E-state index is 0. The second-order valence-electron chi connectivity index (χ2n) is 6.25. The average Bonchev–Trinajstić information content (AvgIpc) is 2.71. The monoisotopic (exact) mass is 351 g/mol. The molecule has 0 spiro atoms. The van der Waals surface area contributed by atoms with Gasteiger partial charge in [0.2, 0.25) is 5.91 Å². The van der Waals surface area contributed by atoms with E-state index in [1.807, 2.05) is 19.9 Å². The predicted octanol–water partition coefficient (Wildman–Crippen LogP) is 2.11. The number of esters is 1. The van der Waals surface area contributed by atoms with Crippen molar-refractivity contribution >= 4 is 23.8 Å². The first kappa shape index (κ1) is 20.8. The van der Waals surface area contributed by atoms with Crippen molar-refractivity contribution in [3.63, 3.8) is 0 Å². The molecule has 2 rings (SSSR count). The van der Waals surface area contributed by atoms with Crippen molar-refractivity contribution in [3.8, 4) is 0 Å². The zero-order chi connectivity index (χ0) is 19.0. The summed E-state index contributed by atoms with van der Waals surface area (Å²) >= 11 is 0. The second kappa shape index (κ2) is 9.29. The fourth-order valence-corrected chi connectivity index (χ4v) is 2.04. The lowest BCUT2D eigenvalue weighted by molar-refractivity contribution is -0.148. The van der Waals surface area contributed by atoms with E-state index in [-0.39, 0.29) is 13.9 Å². The van der Waals surface area contributed by atoms with Crippen molar-refractivity contribution in [1.82, 2.24) is 10.3 Å². The highest BCUT2D eigenvalue weighted by atomic mass is 16.6. The van der Waals surface area contributed by atoms with E-state index in [2.05, 4.69) is 15.6 Å². The zero-order valence-electron chi connectivity index (χ0n) is 15.4. The number of amides is 1. The number of pyridine rings is 1. The Morgan fingerprint density at radius 2 is 2.16 bits per heavy atom. The lowest BCUT2D eigenvalue weighted by atomic mass is 10.1. The molecule has 7 heteroatoms. The fourth-order valence-electron chi connectivity index (χ4n) is 2.04. The summed E-state index contributed by atoms with van der Waals surface area (Å²) in [6, 6.07) is 1.15. The number of carbonyl (C=O) groups excluding carboxylic acids is 2. The number of aliphatic hydroxyl groups is 1. The lowest BCUT2D eigenvalue weighted by Crippen LogP contribution is -2.40. The summed E-state index contributed by atoms with van der Waals surface area (Å²) in [4.78, 5) is 27.7. The standard InChI is InChI=1S/C16H21N3O4.C2H6.H2/c1-16(2,3)23-13(21)5-4-10-6-11-8-17-12(9-20)15(22)19-14(11)18-7-10;1-2;/h4-7,12,17,20H,8-9H2,1-3H3,(H,18,19,22);1-2H3;1H/b5-4+;;. The molecule has 0 fully saturated rings. The molecule has 1 aromatic heterocycles. The van der Waals surface area contributed by atoms with Crippen molar-refractivity contribution in [2.45, 2.75) is 52.8 Å². The quantitative estimate of drug-likeness (QED) is 0.570. The van der Waals surface area contributed by atoms with E-state index in [0.717, 1.165) is 5.56 Å². The van der Waals surface area contributed by atoms with Gasteiger partial charge in [-0.05, 0) is 38.5 Å². The van der Waals surface area contributed by atoms with Gasteiger partial charge in [0.05, 0.1) is 6.61 Å². The van der Waals surface area contributed by atoms with Crippen molar-refractivity contribution < 1.29 is 20.9 Å². The van der Waals surface area contributed by atoms with Crippen molar-refractivity contribution in [2.75, 3.05) is 11.9 Å². The topological polar surface area (TPSA) is 101 Å². The number of fused-ring (bicyclic) bond motifs is 1. The number of hydrogen-bond acceptors (Lipinski definition) is 6. The fraction of sp³-hybridized carbons (Fsp3) is 0.500. The van der Waals surface area contributed by atoms with Crippen LogP contribution in [0.2, 0.25) is 0 Å². The molecule has 0 aliphatic carbocycles. The Balaban J connectivity index is 0.00000201. The maximum atomic E-state index is 11.8. The molecular weight excluding hydrogens is 322 g/mol. The van der Waals surface area contributed by atoms with E-state index < -0.39 is 17.6 Å². The van der Waals surface area contributed by atoms with E-state index in [0.29, 0.717) is 17.9 Å². The number of rotatable bonds is 3. The van der Waals surface area contributed by atoms with Crippen LogP contribution in [-0.4, -0.2) is 40.2 Å². The molecule has 1 atom stereocenters. The summed E-state index contributed by atoms with van der Waals surface area (Å²) in [5.41, 5.74) is 0.953. The summed E-state index contributed by atoms with van der Waals surface area (Å²) in [7, 11) is 0.